The van der Waals surface area contributed by atoms with Crippen molar-refractivity contribution in [3.63, 3.8) is 0 Å². The number of para-hydroxylation sites is 2. The summed E-state index contributed by atoms with van der Waals surface area (Å²) in [6.07, 6.45) is -0.157. The number of hydrogen-bond donors (Lipinski definition) is 1. The SMILES string of the molecule is COc1ccccc1NC(CC(=O)c1ccccc1)C(=O)OCC(=O)c1ccc(Cl)cc1. The van der Waals surface area contributed by atoms with Gasteiger partial charge in [-0.3, -0.25) is 9.59 Å². The van der Waals surface area contributed by atoms with Crippen LogP contribution in [0.4, 0.5) is 5.69 Å². The largest absolute Gasteiger partial charge is 0.495 e. The molecule has 1 unspecified atom stereocenters. The number of nitrogens with one attached hydrogen (secondary N) is 1. The zero-order valence-electron chi connectivity index (χ0n) is 17.4. The van der Waals surface area contributed by atoms with E-state index in [1.54, 1.807) is 78.9 Å². The Balaban J connectivity index is 1.74. The first-order valence-electron chi connectivity index (χ1n) is 9.91. The minimum atomic E-state index is -1.02. The van der Waals surface area contributed by atoms with E-state index in [9.17, 15) is 14.4 Å². The van der Waals surface area contributed by atoms with Crippen LogP contribution in [0.3, 0.4) is 0 Å². The third kappa shape index (κ3) is 6.18. The van der Waals surface area contributed by atoms with Gasteiger partial charge in [0.2, 0.25) is 0 Å². The molecule has 0 aliphatic carbocycles. The average Bonchev–Trinajstić information content (AvgIpc) is 2.83. The Morgan fingerprint density at radius 2 is 1.47 bits per heavy atom. The minimum Gasteiger partial charge on any atom is -0.495 e. The Bertz CT molecular complexity index is 1080. The number of ketones is 2. The lowest BCUT2D eigenvalue weighted by Gasteiger charge is -2.19. The monoisotopic (exact) mass is 451 g/mol. The molecule has 6 nitrogen and oxygen atoms in total. The summed E-state index contributed by atoms with van der Waals surface area (Å²) in [6.45, 7) is -0.454. The molecule has 0 heterocycles. The maximum Gasteiger partial charge on any atom is 0.329 e. The van der Waals surface area contributed by atoms with Gasteiger partial charge in [0.1, 0.15) is 11.8 Å². The number of Topliss-reactive ketones (excluding diaryl/α,β-unsaturated/α-hetero) is 2. The smallest absolute Gasteiger partial charge is 0.329 e. The number of esters is 1. The quantitative estimate of drug-likeness (QED) is 0.351. The summed E-state index contributed by atoms with van der Waals surface area (Å²) in [6, 6.07) is 20.9. The number of carbonyl (C=O) groups is 3. The molecule has 1 N–H and O–H groups in total. The van der Waals surface area contributed by atoms with Crippen molar-refractivity contribution in [1.82, 2.24) is 0 Å². The Labute approximate surface area is 191 Å². The number of methoxy groups -OCH3 is 1. The highest BCUT2D eigenvalue weighted by Crippen LogP contribution is 2.25. The van der Waals surface area contributed by atoms with E-state index in [4.69, 9.17) is 21.1 Å². The number of anilines is 1. The van der Waals surface area contributed by atoms with Crippen LogP contribution in [0.15, 0.2) is 78.9 Å². The van der Waals surface area contributed by atoms with E-state index in [0.717, 1.165) is 0 Å². The number of ether oxygens (including phenoxy) is 2. The Kier molecular flexibility index (Phi) is 8.00. The van der Waals surface area contributed by atoms with Gasteiger partial charge in [-0.2, -0.15) is 0 Å². The van der Waals surface area contributed by atoms with Crippen molar-refractivity contribution >= 4 is 34.8 Å². The van der Waals surface area contributed by atoms with Crippen LogP contribution < -0.4 is 10.1 Å². The van der Waals surface area contributed by atoms with Crippen molar-refractivity contribution in [2.45, 2.75) is 12.5 Å². The van der Waals surface area contributed by atoms with Gasteiger partial charge in [-0.1, -0.05) is 54.1 Å². The first-order chi connectivity index (χ1) is 15.5. The maximum atomic E-state index is 12.9. The molecule has 0 aliphatic rings. The summed E-state index contributed by atoms with van der Waals surface area (Å²) in [7, 11) is 1.51. The fourth-order valence-electron chi connectivity index (χ4n) is 3.03. The molecule has 3 rings (SSSR count). The second-order valence-corrected chi connectivity index (χ2v) is 7.36. The second-order valence-electron chi connectivity index (χ2n) is 6.93. The number of halogens is 1. The molecule has 32 heavy (non-hydrogen) atoms. The van der Waals surface area contributed by atoms with Gasteiger partial charge in [0.15, 0.2) is 18.2 Å². The zero-order chi connectivity index (χ0) is 22.9. The van der Waals surface area contributed by atoms with Gasteiger partial charge in [0, 0.05) is 22.6 Å². The molecule has 0 amide bonds. The number of benzene rings is 3. The van der Waals surface area contributed by atoms with E-state index in [0.29, 0.717) is 27.6 Å². The molecule has 7 heteroatoms. The standard InChI is InChI=1S/C25H22ClNO5/c1-31-24-10-6-5-9-20(24)27-21(15-22(28)17-7-3-2-4-8-17)25(30)32-16-23(29)18-11-13-19(26)14-12-18/h2-14,21,27H,15-16H2,1H3. The number of hydrogen-bond acceptors (Lipinski definition) is 6. The molecule has 0 radical (unpaired) electrons. The van der Waals surface area contributed by atoms with Crippen molar-refractivity contribution in [2.24, 2.45) is 0 Å². The molecule has 164 valence electrons. The average molecular weight is 452 g/mol. The van der Waals surface area contributed by atoms with E-state index < -0.39 is 18.6 Å². The van der Waals surface area contributed by atoms with E-state index in [-0.39, 0.29) is 18.0 Å². The van der Waals surface area contributed by atoms with Crippen LogP contribution in [0.5, 0.6) is 5.75 Å². The van der Waals surface area contributed by atoms with Crippen LogP contribution in [0.1, 0.15) is 27.1 Å². The van der Waals surface area contributed by atoms with Crippen LogP contribution >= 0.6 is 11.6 Å². The van der Waals surface area contributed by atoms with Crippen LogP contribution in [0.25, 0.3) is 0 Å². The van der Waals surface area contributed by atoms with Crippen molar-refractivity contribution in [1.29, 1.82) is 0 Å². The molecule has 0 spiro atoms. The number of carbonyl (C=O) groups excluding carboxylic acids is 3. The highest BCUT2D eigenvalue weighted by molar-refractivity contribution is 6.30. The first kappa shape index (κ1) is 23.0. The van der Waals surface area contributed by atoms with E-state index in [1.165, 1.54) is 7.11 Å². The number of rotatable bonds is 10. The molecule has 3 aromatic rings. The maximum absolute atomic E-state index is 12.9. The molecular formula is C25H22ClNO5. The van der Waals surface area contributed by atoms with Gasteiger partial charge in [-0.25, -0.2) is 4.79 Å². The molecule has 0 bridgehead atoms. The van der Waals surface area contributed by atoms with Crippen LogP contribution in [-0.2, 0) is 9.53 Å². The molecule has 0 aromatic heterocycles. The van der Waals surface area contributed by atoms with Gasteiger partial charge in [0.25, 0.3) is 0 Å². The Hall–Kier alpha value is -3.64. The van der Waals surface area contributed by atoms with Gasteiger partial charge in [0.05, 0.1) is 12.8 Å². The summed E-state index contributed by atoms with van der Waals surface area (Å²) in [4.78, 5) is 37.9. The second kappa shape index (κ2) is 11.1. The lowest BCUT2D eigenvalue weighted by atomic mass is 10.0. The Morgan fingerprint density at radius 3 is 2.16 bits per heavy atom. The molecule has 0 fully saturated rings. The summed E-state index contributed by atoms with van der Waals surface area (Å²) >= 11 is 5.84. The van der Waals surface area contributed by atoms with Crippen molar-refractivity contribution in [3.8, 4) is 5.75 Å². The summed E-state index contributed by atoms with van der Waals surface area (Å²) in [5, 5.41) is 3.52. The highest BCUT2D eigenvalue weighted by Gasteiger charge is 2.26. The van der Waals surface area contributed by atoms with Crippen molar-refractivity contribution in [3.05, 3.63) is 95.0 Å². The first-order valence-corrected chi connectivity index (χ1v) is 10.3. The van der Waals surface area contributed by atoms with Crippen LogP contribution in [-0.4, -0.2) is 37.3 Å². The minimum absolute atomic E-state index is 0.157. The third-order valence-electron chi connectivity index (χ3n) is 4.72. The normalized spacial score (nSPS) is 11.3. The van der Waals surface area contributed by atoms with Crippen LogP contribution in [0, 0.1) is 0 Å². The molecule has 3 aromatic carbocycles. The Morgan fingerprint density at radius 1 is 0.844 bits per heavy atom. The fourth-order valence-corrected chi connectivity index (χ4v) is 3.15. The predicted molar refractivity (Wildman–Crippen MR) is 123 cm³/mol. The van der Waals surface area contributed by atoms with Gasteiger partial charge < -0.3 is 14.8 Å². The molecule has 0 saturated carbocycles. The molecule has 0 aliphatic heterocycles. The fraction of sp³-hybridized carbons (Fsp3) is 0.160. The molecular weight excluding hydrogens is 430 g/mol. The van der Waals surface area contributed by atoms with Crippen LogP contribution in [0.2, 0.25) is 5.02 Å². The topological polar surface area (TPSA) is 81.7 Å². The van der Waals surface area contributed by atoms with Crippen molar-refractivity contribution in [2.75, 3.05) is 19.0 Å². The lowest BCUT2D eigenvalue weighted by molar-refractivity contribution is -0.143. The van der Waals surface area contributed by atoms with Gasteiger partial charge in [-0.05, 0) is 36.4 Å². The van der Waals surface area contributed by atoms with E-state index >= 15 is 0 Å². The van der Waals surface area contributed by atoms with E-state index in [1.807, 2.05) is 0 Å². The summed E-state index contributed by atoms with van der Waals surface area (Å²) in [5.41, 5.74) is 1.38. The lowest BCUT2D eigenvalue weighted by Crippen LogP contribution is -2.35. The molecule has 0 saturated heterocycles. The van der Waals surface area contributed by atoms with E-state index in [2.05, 4.69) is 5.32 Å². The van der Waals surface area contributed by atoms with Crippen molar-refractivity contribution < 1.29 is 23.9 Å². The third-order valence-corrected chi connectivity index (χ3v) is 4.97. The van der Waals surface area contributed by atoms with Gasteiger partial charge >= 0.3 is 5.97 Å². The van der Waals surface area contributed by atoms with Gasteiger partial charge in [-0.15, -0.1) is 0 Å². The summed E-state index contributed by atoms with van der Waals surface area (Å²) < 4.78 is 10.6. The summed E-state index contributed by atoms with van der Waals surface area (Å²) in [5.74, 6) is -0.823. The zero-order valence-corrected chi connectivity index (χ0v) is 18.2. The molecule has 1 atom stereocenters. The predicted octanol–water partition coefficient (Wildman–Crippen LogP) is 4.83. The highest BCUT2D eigenvalue weighted by atomic mass is 35.5.